The van der Waals surface area contributed by atoms with Crippen LogP contribution >= 0.6 is 0 Å². The van der Waals surface area contributed by atoms with E-state index in [9.17, 15) is 4.39 Å². The van der Waals surface area contributed by atoms with E-state index in [0.29, 0.717) is 25.2 Å². The molecule has 0 spiro atoms. The van der Waals surface area contributed by atoms with Crippen molar-refractivity contribution >= 4 is 0 Å². The minimum Gasteiger partial charge on any atom is -0.390 e. The summed E-state index contributed by atoms with van der Waals surface area (Å²) in [6.07, 6.45) is -0.216. The fourth-order valence-corrected chi connectivity index (χ4v) is 1.54. The number of aliphatic hydroxyl groups is 1. The van der Waals surface area contributed by atoms with Gasteiger partial charge in [-0.1, -0.05) is 18.2 Å². The van der Waals surface area contributed by atoms with Crippen LogP contribution in [0.2, 0.25) is 0 Å². The molecule has 1 aliphatic rings. The van der Waals surface area contributed by atoms with E-state index in [1.807, 2.05) is 11.0 Å². The smallest absolute Gasteiger partial charge is 0.127 e. The summed E-state index contributed by atoms with van der Waals surface area (Å²) in [5.74, 6) is -0.163. The molecular formula is C10H12FNO. The standard InChI is InChI=1S/C10H12FNO/c11-10-4-2-1-3-8(10)5-12-6-9(13)7-12/h1-4,9,13H,5-7H2. The Morgan fingerprint density at radius 3 is 2.69 bits per heavy atom. The van der Waals surface area contributed by atoms with Gasteiger partial charge in [0.1, 0.15) is 5.82 Å². The molecule has 0 unspecified atom stereocenters. The molecule has 1 fully saturated rings. The normalized spacial score (nSPS) is 18.6. The first kappa shape index (κ1) is 8.66. The van der Waals surface area contributed by atoms with Crippen LogP contribution in [0.3, 0.4) is 0 Å². The van der Waals surface area contributed by atoms with Crippen molar-refractivity contribution < 1.29 is 9.50 Å². The lowest BCUT2D eigenvalue weighted by Gasteiger charge is -2.35. The zero-order chi connectivity index (χ0) is 9.26. The molecule has 1 heterocycles. The summed E-state index contributed by atoms with van der Waals surface area (Å²) in [6.45, 7) is 1.92. The van der Waals surface area contributed by atoms with Crippen molar-refractivity contribution in [1.29, 1.82) is 0 Å². The second-order valence-corrected chi connectivity index (χ2v) is 3.44. The van der Waals surface area contributed by atoms with Crippen molar-refractivity contribution in [2.24, 2.45) is 0 Å². The van der Waals surface area contributed by atoms with Crippen molar-refractivity contribution in [2.45, 2.75) is 12.6 Å². The van der Waals surface area contributed by atoms with Gasteiger partial charge < -0.3 is 5.11 Å². The largest absolute Gasteiger partial charge is 0.390 e. The number of hydrogen-bond donors (Lipinski definition) is 1. The molecule has 2 nitrogen and oxygen atoms in total. The lowest BCUT2D eigenvalue weighted by molar-refractivity contribution is -0.00342. The Balaban J connectivity index is 1.98. The van der Waals surface area contributed by atoms with Crippen molar-refractivity contribution in [1.82, 2.24) is 4.90 Å². The Kier molecular flexibility index (Phi) is 2.29. The highest BCUT2D eigenvalue weighted by Crippen LogP contribution is 2.14. The number of rotatable bonds is 2. The molecule has 0 bridgehead atoms. The van der Waals surface area contributed by atoms with Crippen molar-refractivity contribution in [3.05, 3.63) is 35.6 Å². The highest BCUT2D eigenvalue weighted by Gasteiger charge is 2.24. The molecule has 0 aliphatic carbocycles. The third-order valence-electron chi connectivity index (χ3n) is 2.29. The third kappa shape index (κ3) is 1.87. The second-order valence-electron chi connectivity index (χ2n) is 3.44. The van der Waals surface area contributed by atoms with E-state index in [1.54, 1.807) is 12.1 Å². The summed E-state index contributed by atoms with van der Waals surface area (Å²) in [4.78, 5) is 2.02. The van der Waals surface area contributed by atoms with E-state index in [4.69, 9.17) is 5.11 Å². The number of likely N-dealkylation sites (tertiary alicyclic amines) is 1. The van der Waals surface area contributed by atoms with Gasteiger partial charge in [0.15, 0.2) is 0 Å². The summed E-state index contributed by atoms with van der Waals surface area (Å²) in [5, 5.41) is 9.03. The quantitative estimate of drug-likeness (QED) is 0.735. The van der Waals surface area contributed by atoms with E-state index in [1.165, 1.54) is 6.07 Å². The molecule has 3 heteroatoms. The summed E-state index contributed by atoms with van der Waals surface area (Å²) >= 11 is 0. The molecule has 70 valence electrons. The van der Waals surface area contributed by atoms with Gasteiger partial charge in [-0.05, 0) is 6.07 Å². The number of aliphatic hydroxyl groups excluding tert-OH is 1. The Bertz CT molecular complexity index is 297. The second kappa shape index (κ2) is 3.44. The van der Waals surface area contributed by atoms with Gasteiger partial charge in [0, 0.05) is 25.2 Å². The highest BCUT2D eigenvalue weighted by atomic mass is 19.1. The van der Waals surface area contributed by atoms with Crippen LogP contribution in [0.25, 0.3) is 0 Å². The van der Waals surface area contributed by atoms with Gasteiger partial charge in [-0.2, -0.15) is 0 Å². The molecule has 0 saturated carbocycles. The SMILES string of the molecule is OC1CN(Cc2ccccc2F)C1. The topological polar surface area (TPSA) is 23.5 Å². The van der Waals surface area contributed by atoms with Gasteiger partial charge >= 0.3 is 0 Å². The van der Waals surface area contributed by atoms with Crippen LogP contribution in [0.5, 0.6) is 0 Å². The monoisotopic (exact) mass is 181 g/mol. The Morgan fingerprint density at radius 2 is 2.08 bits per heavy atom. The first-order chi connectivity index (χ1) is 6.25. The van der Waals surface area contributed by atoms with Crippen molar-refractivity contribution in [2.75, 3.05) is 13.1 Å². The van der Waals surface area contributed by atoms with Crippen LogP contribution in [0.4, 0.5) is 4.39 Å². The predicted octanol–water partition coefficient (Wildman–Crippen LogP) is 1.00. The van der Waals surface area contributed by atoms with Gasteiger partial charge in [-0.3, -0.25) is 4.90 Å². The molecule has 1 aromatic rings. The van der Waals surface area contributed by atoms with Gasteiger partial charge in [-0.25, -0.2) is 4.39 Å². The number of hydrogen-bond acceptors (Lipinski definition) is 2. The summed E-state index contributed by atoms with van der Waals surface area (Å²) in [7, 11) is 0. The molecule has 2 rings (SSSR count). The lowest BCUT2D eigenvalue weighted by atomic mass is 10.1. The summed E-state index contributed by atoms with van der Waals surface area (Å²) in [5.41, 5.74) is 0.703. The van der Waals surface area contributed by atoms with E-state index >= 15 is 0 Å². The lowest BCUT2D eigenvalue weighted by Crippen LogP contribution is -2.49. The zero-order valence-electron chi connectivity index (χ0n) is 7.28. The summed E-state index contributed by atoms with van der Waals surface area (Å²) in [6, 6.07) is 6.75. The maximum atomic E-state index is 13.1. The molecule has 1 aliphatic heterocycles. The molecule has 0 amide bonds. The van der Waals surface area contributed by atoms with Crippen LogP contribution < -0.4 is 0 Å². The van der Waals surface area contributed by atoms with Crippen LogP contribution in [0, 0.1) is 5.82 Å². The third-order valence-corrected chi connectivity index (χ3v) is 2.29. The van der Waals surface area contributed by atoms with Gasteiger partial charge in [0.25, 0.3) is 0 Å². The van der Waals surface area contributed by atoms with Gasteiger partial charge in [-0.15, -0.1) is 0 Å². The Morgan fingerprint density at radius 1 is 1.38 bits per heavy atom. The van der Waals surface area contributed by atoms with Crippen molar-refractivity contribution in [3.63, 3.8) is 0 Å². The first-order valence-electron chi connectivity index (χ1n) is 4.39. The van der Waals surface area contributed by atoms with Crippen LogP contribution in [0.15, 0.2) is 24.3 Å². The Hall–Kier alpha value is -0.930. The van der Waals surface area contributed by atoms with Crippen LogP contribution in [-0.2, 0) is 6.54 Å². The maximum absolute atomic E-state index is 13.1. The van der Waals surface area contributed by atoms with Gasteiger partial charge in [0.05, 0.1) is 6.10 Å². The molecule has 0 radical (unpaired) electrons. The molecule has 0 atom stereocenters. The zero-order valence-corrected chi connectivity index (χ0v) is 7.28. The van der Waals surface area contributed by atoms with Crippen LogP contribution in [0.1, 0.15) is 5.56 Å². The average Bonchev–Trinajstić information content (AvgIpc) is 2.06. The fraction of sp³-hybridized carbons (Fsp3) is 0.400. The van der Waals surface area contributed by atoms with E-state index in [2.05, 4.69) is 0 Å². The van der Waals surface area contributed by atoms with E-state index < -0.39 is 0 Å². The molecule has 1 N–H and O–H groups in total. The minimum atomic E-state index is -0.216. The average molecular weight is 181 g/mol. The number of β-amino-alcohol motifs (C(OH)–C–C–N with tert-alkyl or cyclic N) is 1. The summed E-state index contributed by atoms with van der Waals surface area (Å²) < 4.78 is 13.1. The van der Waals surface area contributed by atoms with Crippen molar-refractivity contribution in [3.8, 4) is 0 Å². The number of nitrogens with zero attached hydrogens (tertiary/aromatic N) is 1. The molecule has 0 aromatic heterocycles. The number of benzene rings is 1. The molecule has 1 saturated heterocycles. The Labute approximate surface area is 76.6 Å². The van der Waals surface area contributed by atoms with E-state index in [0.717, 1.165) is 0 Å². The van der Waals surface area contributed by atoms with E-state index in [-0.39, 0.29) is 11.9 Å². The molecule has 13 heavy (non-hydrogen) atoms. The molecular weight excluding hydrogens is 169 g/mol. The minimum absolute atomic E-state index is 0.163. The number of halogens is 1. The molecule has 1 aromatic carbocycles. The first-order valence-corrected chi connectivity index (χ1v) is 4.39. The van der Waals surface area contributed by atoms with Crippen LogP contribution in [-0.4, -0.2) is 29.2 Å². The maximum Gasteiger partial charge on any atom is 0.127 e. The predicted molar refractivity (Wildman–Crippen MR) is 47.7 cm³/mol. The van der Waals surface area contributed by atoms with Gasteiger partial charge in [0.2, 0.25) is 0 Å². The fourth-order valence-electron chi connectivity index (χ4n) is 1.54. The highest BCUT2D eigenvalue weighted by molar-refractivity contribution is 5.17.